The van der Waals surface area contributed by atoms with Gasteiger partial charge in [-0.2, -0.15) is 0 Å². The summed E-state index contributed by atoms with van der Waals surface area (Å²) in [7, 11) is 0. The van der Waals surface area contributed by atoms with Crippen LogP contribution in [0, 0.1) is 0 Å². The summed E-state index contributed by atoms with van der Waals surface area (Å²) in [5, 5.41) is 4.27. The Morgan fingerprint density at radius 1 is 0.973 bits per heavy atom. The fourth-order valence-corrected chi connectivity index (χ4v) is 4.45. The average Bonchev–Trinajstić information content (AvgIpc) is 3.42. The monoisotopic (exact) mass is 560 g/mol. The predicted octanol–water partition coefficient (Wildman–Crippen LogP) is 6.26. The number of nitrogens with zero attached hydrogens (tertiary/aromatic N) is 1. The molecule has 194 valence electrons. The summed E-state index contributed by atoms with van der Waals surface area (Å²) < 4.78 is 22.8. The van der Waals surface area contributed by atoms with E-state index < -0.39 is 0 Å². The molecular weight excluding hydrogens is 535 g/mol. The summed E-state index contributed by atoms with van der Waals surface area (Å²) in [6, 6.07) is 14.3. The van der Waals surface area contributed by atoms with E-state index in [9.17, 15) is 4.79 Å². The summed E-state index contributed by atoms with van der Waals surface area (Å²) in [5.41, 5.74) is 1.35. The van der Waals surface area contributed by atoms with Crippen molar-refractivity contribution in [1.82, 2.24) is 10.2 Å². The summed E-state index contributed by atoms with van der Waals surface area (Å²) >= 11 is 17.5. The van der Waals surface area contributed by atoms with E-state index in [1.807, 2.05) is 32.0 Å². The van der Waals surface area contributed by atoms with Crippen molar-refractivity contribution in [3.8, 4) is 17.2 Å². The molecule has 1 fully saturated rings. The Kier molecular flexibility index (Phi) is 8.97. The van der Waals surface area contributed by atoms with E-state index in [4.69, 9.17) is 54.0 Å². The molecule has 1 N–H and O–H groups in total. The van der Waals surface area contributed by atoms with Crippen LogP contribution in [-0.2, 0) is 17.8 Å². The van der Waals surface area contributed by atoms with Gasteiger partial charge >= 0.3 is 0 Å². The van der Waals surface area contributed by atoms with Crippen LogP contribution in [0.5, 0.6) is 17.2 Å². The number of carbonyl (C=O) groups excluding carboxylic acids is 1. The normalized spacial score (nSPS) is 14.3. The minimum atomic E-state index is -0.219. The van der Waals surface area contributed by atoms with Gasteiger partial charge < -0.3 is 23.9 Å². The van der Waals surface area contributed by atoms with Gasteiger partial charge in [-0.3, -0.25) is 9.69 Å². The highest BCUT2D eigenvalue weighted by Gasteiger charge is 2.30. The molecule has 0 aliphatic carbocycles. The zero-order valence-electron chi connectivity index (χ0n) is 20.4. The van der Waals surface area contributed by atoms with Crippen LogP contribution in [0.3, 0.4) is 0 Å². The van der Waals surface area contributed by atoms with Gasteiger partial charge in [0.1, 0.15) is 29.6 Å². The lowest BCUT2D eigenvalue weighted by molar-refractivity contribution is -0.122. The quantitative estimate of drug-likeness (QED) is 0.219. The summed E-state index contributed by atoms with van der Waals surface area (Å²) in [4.78, 5) is 14.5. The second kappa shape index (κ2) is 12.4. The van der Waals surface area contributed by atoms with Crippen LogP contribution in [-0.4, -0.2) is 35.7 Å². The lowest BCUT2D eigenvalue weighted by atomic mass is 10.1. The SMILES string of the molecule is CCOc1ccc(CCN2C(=O)/C(=C\c3ccc(COc4ccc(Cl)cc4Cl)o3)NC2=S)cc1OCC. The molecule has 1 amide bonds. The Morgan fingerprint density at radius 3 is 2.49 bits per heavy atom. The Bertz CT molecular complexity index is 1320. The first kappa shape index (κ1) is 26.9. The lowest BCUT2D eigenvalue weighted by Gasteiger charge is -2.15. The van der Waals surface area contributed by atoms with Crippen LogP contribution in [0.25, 0.3) is 6.08 Å². The molecule has 1 saturated heterocycles. The molecule has 1 aromatic heterocycles. The van der Waals surface area contributed by atoms with Crippen LogP contribution in [0.4, 0.5) is 0 Å². The molecule has 0 saturated carbocycles. The van der Waals surface area contributed by atoms with Gasteiger partial charge in [0.25, 0.3) is 5.91 Å². The van der Waals surface area contributed by atoms with E-state index in [1.54, 1.807) is 36.4 Å². The van der Waals surface area contributed by atoms with Crippen LogP contribution in [0.15, 0.2) is 58.6 Å². The molecule has 2 heterocycles. The van der Waals surface area contributed by atoms with E-state index in [0.717, 1.165) is 5.56 Å². The van der Waals surface area contributed by atoms with Gasteiger partial charge in [-0.15, -0.1) is 0 Å². The molecule has 3 aromatic rings. The lowest BCUT2D eigenvalue weighted by Crippen LogP contribution is -2.32. The van der Waals surface area contributed by atoms with Crippen LogP contribution in [0.2, 0.25) is 10.0 Å². The number of benzene rings is 2. The maximum atomic E-state index is 13.0. The fourth-order valence-electron chi connectivity index (χ4n) is 3.70. The van der Waals surface area contributed by atoms with E-state index in [-0.39, 0.29) is 12.5 Å². The number of rotatable bonds is 11. The maximum Gasteiger partial charge on any atom is 0.276 e. The number of hydrogen-bond acceptors (Lipinski definition) is 6. The highest BCUT2D eigenvalue weighted by Crippen LogP contribution is 2.30. The number of ether oxygens (including phenoxy) is 3. The van der Waals surface area contributed by atoms with Gasteiger partial charge in [0.05, 0.1) is 18.2 Å². The molecule has 0 unspecified atom stereocenters. The first-order chi connectivity index (χ1) is 17.9. The smallest absolute Gasteiger partial charge is 0.276 e. The van der Waals surface area contributed by atoms with Crippen molar-refractivity contribution in [3.05, 3.63) is 81.4 Å². The Balaban J connectivity index is 1.37. The first-order valence-electron chi connectivity index (χ1n) is 11.8. The third-order valence-corrected chi connectivity index (χ3v) is 6.28. The van der Waals surface area contributed by atoms with Gasteiger partial charge in [0, 0.05) is 17.6 Å². The van der Waals surface area contributed by atoms with Crippen molar-refractivity contribution in [1.29, 1.82) is 0 Å². The highest BCUT2D eigenvalue weighted by atomic mass is 35.5. The van der Waals surface area contributed by atoms with E-state index >= 15 is 0 Å². The molecular formula is C27H26Cl2N2O5S. The molecule has 1 aliphatic heterocycles. The first-order valence-corrected chi connectivity index (χ1v) is 12.9. The van der Waals surface area contributed by atoms with Gasteiger partial charge in [0.2, 0.25) is 0 Å². The van der Waals surface area contributed by atoms with Crippen LogP contribution in [0.1, 0.15) is 30.9 Å². The molecule has 0 radical (unpaired) electrons. The van der Waals surface area contributed by atoms with Crippen molar-refractivity contribution in [2.75, 3.05) is 19.8 Å². The summed E-state index contributed by atoms with van der Waals surface area (Å²) in [6.07, 6.45) is 2.22. The van der Waals surface area contributed by atoms with Crippen molar-refractivity contribution in [2.24, 2.45) is 0 Å². The van der Waals surface area contributed by atoms with Crippen LogP contribution >= 0.6 is 35.4 Å². The molecule has 1 aliphatic rings. The van der Waals surface area contributed by atoms with E-state index in [0.29, 0.717) is 75.8 Å². The standard InChI is InChI=1S/C27H26Cl2N2O5S/c1-3-33-24-9-5-17(13-25(24)34-4-2)11-12-31-26(32)22(30-27(31)37)15-19-7-8-20(36-19)16-35-23-10-6-18(28)14-21(23)29/h5-10,13-15H,3-4,11-12,16H2,1-2H3,(H,30,37)/b22-15+. The average molecular weight is 561 g/mol. The number of furan rings is 1. The van der Waals surface area contributed by atoms with Crippen LogP contribution < -0.4 is 19.5 Å². The van der Waals surface area contributed by atoms with Gasteiger partial charge in [-0.05, 0) is 80.5 Å². The largest absolute Gasteiger partial charge is 0.490 e. The zero-order chi connectivity index (χ0) is 26.4. The van der Waals surface area contributed by atoms with Gasteiger partial charge in [0.15, 0.2) is 16.6 Å². The van der Waals surface area contributed by atoms with Crippen molar-refractivity contribution in [2.45, 2.75) is 26.9 Å². The van der Waals surface area contributed by atoms with Crippen molar-refractivity contribution in [3.63, 3.8) is 0 Å². The molecule has 0 atom stereocenters. The molecule has 2 aromatic carbocycles. The molecule has 4 rings (SSSR count). The Morgan fingerprint density at radius 2 is 1.73 bits per heavy atom. The summed E-state index contributed by atoms with van der Waals surface area (Å²) in [5.74, 6) is 2.73. The predicted molar refractivity (Wildman–Crippen MR) is 147 cm³/mol. The third kappa shape index (κ3) is 6.77. The van der Waals surface area contributed by atoms with E-state index in [1.165, 1.54) is 4.90 Å². The second-order valence-corrected chi connectivity index (χ2v) is 9.24. The molecule has 7 nitrogen and oxygen atoms in total. The number of halogens is 2. The second-order valence-electron chi connectivity index (χ2n) is 8.01. The maximum absolute atomic E-state index is 13.0. The van der Waals surface area contributed by atoms with Gasteiger partial charge in [-0.1, -0.05) is 29.3 Å². The summed E-state index contributed by atoms with van der Waals surface area (Å²) in [6.45, 7) is 5.52. The zero-order valence-corrected chi connectivity index (χ0v) is 22.7. The highest BCUT2D eigenvalue weighted by molar-refractivity contribution is 7.80. The number of amides is 1. The molecule has 0 spiro atoms. The van der Waals surface area contributed by atoms with E-state index in [2.05, 4.69) is 5.32 Å². The Hall–Kier alpha value is -3.20. The molecule has 0 bridgehead atoms. The number of thiocarbonyl (C=S) groups is 1. The minimum Gasteiger partial charge on any atom is -0.490 e. The molecule has 10 heteroatoms. The van der Waals surface area contributed by atoms with Crippen molar-refractivity contribution < 1.29 is 23.4 Å². The Labute approximate surface area is 230 Å². The topological polar surface area (TPSA) is 73.2 Å². The number of hydrogen-bond donors (Lipinski definition) is 1. The fraction of sp³-hybridized carbons (Fsp3) is 0.259. The molecule has 37 heavy (non-hydrogen) atoms. The van der Waals surface area contributed by atoms with Crippen molar-refractivity contribution >= 4 is 52.5 Å². The minimum absolute atomic E-state index is 0.169. The third-order valence-electron chi connectivity index (χ3n) is 5.43. The number of nitrogens with one attached hydrogen (secondary N) is 1. The van der Waals surface area contributed by atoms with Gasteiger partial charge in [-0.25, -0.2) is 0 Å². The number of carbonyl (C=O) groups is 1.